The Kier molecular flexibility index (Phi) is 5.04. The van der Waals surface area contributed by atoms with Gasteiger partial charge in [-0.05, 0) is 26.8 Å². The number of rotatable bonds is 3. The zero-order chi connectivity index (χ0) is 23.3. The Hall–Kier alpha value is -3.54. The van der Waals surface area contributed by atoms with Crippen molar-refractivity contribution in [2.24, 2.45) is 0 Å². The molecule has 0 radical (unpaired) electrons. The van der Waals surface area contributed by atoms with Gasteiger partial charge >= 0.3 is 6.18 Å². The summed E-state index contributed by atoms with van der Waals surface area (Å²) in [7, 11) is 0. The van der Waals surface area contributed by atoms with Crippen molar-refractivity contribution in [2.45, 2.75) is 39.0 Å². The lowest BCUT2D eigenvalue weighted by Gasteiger charge is -2.38. The molecule has 2 unspecified atom stereocenters. The Balaban J connectivity index is 1.50. The zero-order valence-corrected chi connectivity index (χ0v) is 18.2. The lowest BCUT2D eigenvalue weighted by Crippen LogP contribution is -2.51. The number of fused-ring (bicyclic) bond motifs is 1. The molecule has 0 bridgehead atoms. The first-order chi connectivity index (χ1) is 15.7. The second-order valence-corrected chi connectivity index (χ2v) is 8.25. The molecule has 0 spiro atoms. The van der Waals surface area contributed by atoms with E-state index in [0.717, 1.165) is 35.9 Å². The van der Waals surface area contributed by atoms with Gasteiger partial charge in [0.25, 0.3) is 0 Å². The highest BCUT2D eigenvalue weighted by Crippen LogP contribution is 2.30. The maximum absolute atomic E-state index is 13.2. The number of nitrogens with zero attached hydrogens (tertiary/aromatic N) is 7. The molecule has 1 aliphatic rings. The van der Waals surface area contributed by atoms with Crippen LogP contribution in [0.2, 0.25) is 0 Å². The summed E-state index contributed by atoms with van der Waals surface area (Å²) >= 11 is 0. The van der Waals surface area contributed by atoms with Crippen LogP contribution in [0, 0.1) is 13.8 Å². The molecule has 1 fully saturated rings. The number of H-pyrrole nitrogens is 1. The van der Waals surface area contributed by atoms with Gasteiger partial charge in [0, 0.05) is 42.8 Å². The van der Waals surface area contributed by atoms with Crippen molar-refractivity contribution in [3.05, 3.63) is 53.5 Å². The summed E-state index contributed by atoms with van der Waals surface area (Å²) in [6, 6.07) is 2.05. The molecule has 1 aliphatic heterocycles. The Morgan fingerprint density at radius 2 is 1.91 bits per heavy atom. The van der Waals surface area contributed by atoms with Gasteiger partial charge in [0.1, 0.15) is 11.5 Å². The van der Waals surface area contributed by atoms with E-state index in [9.17, 15) is 13.2 Å². The molecule has 5 heterocycles. The number of piperazine rings is 1. The zero-order valence-electron chi connectivity index (χ0n) is 18.2. The van der Waals surface area contributed by atoms with Crippen LogP contribution in [-0.2, 0) is 6.18 Å². The Labute approximate surface area is 187 Å². The van der Waals surface area contributed by atoms with Gasteiger partial charge in [-0.3, -0.25) is 9.50 Å². The second-order valence-electron chi connectivity index (χ2n) is 8.25. The Bertz CT molecular complexity index is 1290. The fourth-order valence-electron chi connectivity index (χ4n) is 4.36. The molecule has 1 saturated heterocycles. The molecular weight excluding hydrogens is 435 g/mol. The number of alkyl halides is 3. The van der Waals surface area contributed by atoms with Gasteiger partial charge in [0.2, 0.25) is 0 Å². The van der Waals surface area contributed by atoms with E-state index >= 15 is 0 Å². The highest BCUT2D eigenvalue weighted by Gasteiger charge is 2.33. The molecule has 0 amide bonds. The van der Waals surface area contributed by atoms with Crippen LogP contribution in [0.15, 0.2) is 30.9 Å². The maximum atomic E-state index is 13.2. The molecule has 0 aliphatic carbocycles. The number of nitrogens with one attached hydrogen (secondary N) is 2. The predicted octanol–water partition coefficient (Wildman–Crippen LogP) is 3.08. The first-order valence-electron chi connectivity index (χ1n) is 10.5. The topological polar surface area (TPSA) is 99.9 Å². The standard InChI is InChI=1S/C21H22F3N9/c1-11-8-32(9-14(28-11)19-12(2)30-31-13(19)3)17-4-5-25-20(29-17)15-6-27-18-7-26-16(10-33(15)18)21(22,23)24/h4-7,10-11,14,28H,8-9H2,1-3H3,(H,30,31). The number of aryl methyl sites for hydroxylation is 2. The third kappa shape index (κ3) is 3.90. The summed E-state index contributed by atoms with van der Waals surface area (Å²) in [5.74, 6) is 0.981. The quantitative estimate of drug-likeness (QED) is 0.488. The molecule has 4 aromatic rings. The van der Waals surface area contributed by atoms with Gasteiger partial charge in [0.05, 0.1) is 24.1 Å². The van der Waals surface area contributed by atoms with Gasteiger partial charge in [-0.2, -0.15) is 18.3 Å². The van der Waals surface area contributed by atoms with Gasteiger partial charge in [-0.1, -0.05) is 0 Å². The minimum atomic E-state index is -4.56. The minimum absolute atomic E-state index is 0.0575. The molecule has 12 heteroatoms. The molecule has 4 aromatic heterocycles. The third-order valence-electron chi connectivity index (χ3n) is 5.80. The van der Waals surface area contributed by atoms with Crippen molar-refractivity contribution in [1.29, 1.82) is 0 Å². The summed E-state index contributed by atoms with van der Waals surface area (Å²) in [5, 5.41) is 11.0. The molecule has 33 heavy (non-hydrogen) atoms. The van der Waals surface area contributed by atoms with E-state index < -0.39 is 11.9 Å². The van der Waals surface area contributed by atoms with E-state index in [2.05, 4.69) is 47.3 Å². The SMILES string of the molecule is Cc1n[nH]c(C)c1C1CN(c2ccnc(-c3cnc4cnc(C(F)(F)F)cn34)n2)CC(C)N1. The van der Waals surface area contributed by atoms with Crippen LogP contribution >= 0.6 is 0 Å². The minimum Gasteiger partial charge on any atom is -0.353 e. The normalized spacial score (nSPS) is 19.4. The molecule has 9 nitrogen and oxygen atoms in total. The summed E-state index contributed by atoms with van der Waals surface area (Å²) in [6.45, 7) is 7.46. The molecule has 0 saturated carbocycles. The van der Waals surface area contributed by atoms with Crippen molar-refractivity contribution in [2.75, 3.05) is 18.0 Å². The van der Waals surface area contributed by atoms with Crippen LogP contribution in [-0.4, -0.2) is 53.7 Å². The molecule has 2 atom stereocenters. The Morgan fingerprint density at radius 1 is 1.09 bits per heavy atom. The van der Waals surface area contributed by atoms with Crippen LogP contribution in [0.5, 0.6) is 0 Å². The summed E-state index contributed by atoms with van der Waals surface area (Å²) in [4.78, 5) is 18.7. The van der Waals surface area contributed by atoms with E-state index in [1.54, 1.807) is 12.3 Å². The number of hydrogen-bond donors (Lipinski definition) is 2. The molecular formula is C21H22F3N9. The third-order valence-corrected chi connectivity index (χ3v) is 5.80. The first-order valence-corrected chi connectivity index (χ1v) is 10.5. The average Bonchev–Trinajstić information content (AvgIpc) is 3.35. The van der Waals surface area contributed by atoms with E-state index in [1.807, 2.05) is 13.8 Å². The number of hydrogen-bond acceptors (Lipinski definition) is 7. The van der Waals surface area contributed by atoms with E-state index in [0.29, 0.717) is 18.1 Å². The molecule has 172 valence electrons. The first kappa shape index (κ1) is 21.3. The molecule has 0 aromatic carbocycles. The number of aromatic nitrogens is 7. The van der Waals surface area contributed by atoms with E-state index in [1.165, 1.54) is 10.6 Å². The van der Waals surface area contributed by atoms with Crippen LogP contribution in [0.25, 0.3) is 17.2 Å². The monoisotopic (exact) mass is 457 g/mol. The summed E-state index contributed by atoms with van der Waals surface area (Å²) in [6.07, 6.45) is 0.514. The van der Waals surface area contributed by atoms with Crippen LogP contribution in [0.4, 0.5) is 19.0 Å². The van der Waals surface area contributed by atoms with Gasteiger partial charge in [-0.15, -0.1) is 0 Å². The fraction of sp³-hybridized carbons (Fsp3) is 0.381. The lowest BCUT2D eigenvalue weighted by atomic mass is 10.0. The van der Waals surface area contributed by atoms with Crippen molar-refractivity contribution in [1.82, 2.24) is 39.9 Å². The number of anilines is 1. The second kappa shape index (κ2) is 7.80. The summed E-state index contributed by atoms with van der Waals surface area (Å²) in [5.41, 5.74) is 2.74. The van der Waals surface area contributed by atoms with Gasteiger partial charge in [-0.25, -0.2) is 19.9 Å². The van der Waals surface area contributed by atoms with Gasteiger partial charge < -0.3 is 10.2 Å². The van der Waals surface area contributed by atoms with Crippen LogP contribution < -0.4 is 10.2 Å². The summed E-state index contributed by atoms with van der Waals surface area (Å²) < 4.78 is 40.8. The van der Waals surface area contributed by atoms with Gasteiger partial charge in [0.15, 0.2) is 17.2 Å². The Morgan fingerprint density at radius 3 is 2.64 bits per heavy atom. The maximum Gasteiger partial charge on any atom is 0.434 e. The van der Waals surface area contributed by atoms with Crippen molar-refractivity contribution >= 4 is 11.5 Å². The highest BCUT2D eigenvalue weighted by molar-refractivity contribution is 5.58. The van der Waals surface area contributed by atoms with E-state index in [-0.39, 0.29) is 23.6 Å². The average molecular weight is 457 g/mol. The van der Waals surface area contributed by atoms with Crippen molar-refractivity contribution in [3.8, 4) is 11.5 Å². The smallest absolute Gasteiger partial charge is 0.353 e. The number of halogens is 3. The van der Waals surface area contributed by atoms with E-state index in [4.69, 9.17) is 0 Å². The largest absolute Gasteiger partial charge is 0.434 e. The van der Waals surface area contributed by atoms with Crippen molar-refractivity contribution < 1.29 is 13.2 Å². The van der Waals surface area contributed by atoms with Crippen LogP contribution in [0.3, 0.4) is 0 Å². The lowest BCUT2D eigenvalue weighted by molar-refractivity contribution is -0.141. The molecule has 5 rings (SSSR count). The molecule has 2 N–H and O–H groups in total. The predicted molar refractivity (Wildman–Crippen MR) is 115 cm³/mol. The number of aromatic amines is 1. The fourth-order valence-corrected chi connectivity index (χ4v) is 4.36. The highest BCUT2D eigenvalue weighted by atomic mass is 19.4. The van der Waals surface area contributed by atoms with Crippen LogP contribution in [0.1, 0.15) is 35.6 Å². The van der Waals surface area contributed by atoms with Crippen molar-refractivity contribution in [3.63, 3.8) is 0 Å². The number of imidazole rings is 1.